The van der Waals surface area contributed by atoms with E-state index in [1.807, 2.05) is 0 Å². The van der Waals surface area contributed by atoms with Crippen molar-refractivity contribution in [2.24, 2.45) is 5.73 Å². The van der Waals surface area contributed by atoms with Crippen LogP contribution < -0.4 is 10.5 Å². The summed E-state index contributed by atoms with van der Waals surface area (Å²) in [6.07, 6.45) is -2.71. The molecule has 4 nitrogen and oxygen atoms in total. The van der Waals surface area contributed by atoms with Gasteiger partial charge in [-0.2, -0.15) is 18.3 Å². The number of alkyl halides is 3. The zero-order chi connectivity index (χ0) is 14.0. The van der Waals surface area contributed by atoms with Gasteiger partial charge in [-0.05, 0) is 11.6 Å². The summed E-state index contributed by atoms with van der Waals surface area (Å²) in [4.78, 5) is 0. The number of ether oxygens (including phenoxy) is 1. The second kappa shape index (κ2) is 4.93. The second-order valence-corrected chi connectivity index (χ2v) is 3.87. The molecule has 0 aliphatic rings. The van der Waals surface area contributed by atoms with E-state index in [2.05, 4.69) is 5.10 Å². The largest absolute Gasteiger partial charge is 0.497 e. The highest BCUT2D eigenvalue weighted by atomic mass is 19.4. The first-order valence-corrected chi connectivity index (χ1v) is 5.45. The van der Waals surface area contributed by atoms with E-state index in [1.54, 1.807) is 18.2 Å². The molecule has 1 heterocycles. The first kappa shape index (κ1) is 13.4. The van der Waals surface area contributed by atoms with Crippen molar-refractivity contribution in [2.75, 3.05) is 7.11 Å². The number of nitrogens with zero attached hydrogens (tertiary/aromatic N) is 2. The Labute approximate surface area is 107 Å². The maximum atomic E-state index is 12.5. The molecule has 2 aromatic rings. The van der Waals surface area contributed by atoms with Gasteiger partial charge in [0.1, 0.15) is 5.75 Å². The number of nitrogens with two attached hydrogens (primary N) is 1. The van der Waals surface area contributed by atoms with Gasteiger partial charge in [0.05, 0.1) is 24.6 Å². The summed E-state index contributed by atoms with van der Waals surface area (Å²) >= 11 is 0. The third kappa shape index (κ3) is 2.70. The molecule has 0 aliphatic carbocycles. The topological polar surface area (TPSA) is 53.1 Å². The van der Waals surface area contributed by atoms with Crippen LogP contribution in [0, 0.1) is 0 Å². The Morgan fingerprint density at radius 1 is 1.37 bits per heavy atom. The van der Waals surface area contributed by atoms with Crippen LogP contribution >= 0.6 is 0 Å². The summed E-state index contributed by atoms with van der Waals surface area (Å²) in [6, 6.07) is 4.98. The van der Waals surface area contributed by atoms with E-state index in [4.69, 9.17) is 10.5 Å². The van der Waals surface area contributed by atoms with Crippen molar-refractivity contribution in [2.45, 2.75) is 12.7 Å². The van der Waals surface area contributed by atoms with Gasteiger partial charge in [0.15, 0.2) is 0 Å². The van der Waals surface area contributed by atoms with Crippen molar-refractivity contribution in [3.05, 3.63) is 41.7 Å². The first-order chi connectivity index (χ1) is 8.95. The summed E-state index contributed by atoms with van der Waals surface area (Å²) < 4.78 is 43.8. The van der Waals surface area contributed by atoms with Crippen LogP contribution in [0.3, 0.4) is 0 Å². The minimum Gasteiger partial charge on any atom is -0.497 e. The predicted octanol–water partition coefficient (Wildman–Crippen LogP) is 2.36. The lowest BCUT2D eigenvalue weighted by Gasteiger charge is -2.10. The van der Waals surface area contributed by atoms with Crippen molar-refractivity contribution in [3.63, 3.8) is 0 Å². The van der Waals surface area contributed by atoms with Crippen LogP contribution in [0.15, 0.2) is 30.6 Å². The molecule has 7 heteroatoms. The quantitative estimate of drug-likeness (QED) is 0.932. The lowest BCUT2D eigenvalue weighted by atomic mass is 10.1. The molecule has 1 aromatic carbocycles. The number of rotatable bonds is 3. The molecule has 19 heavy (non-hydrogen) atoms. The van der Waals surface area contributed by atoms with Crippen LogP contribution in [0.25, 0.3) is 5.69 Å². The Morgan fingerprint density at radius 3 is 2.63 bits per heavy atom. The van der Waals surface area contributed by atoms with Crippen LogP contribution in [0.2, 0.25) is 0 Å². The van der Waals surface area contributed by atoms with Gasteiger partial charge in [-0.25, -0.2) is 4.68 Å². The van der Waals surface area contributed by atoms with E-state index in [1.165, 1.54) is 7.11 Å². The summed E-state index contributed by atoms with van der Waals surface area (Å²) in [6.45, 7) is 0.195. The molecule has 0 unspecified atom stereocenters. The van der Waals surface area contributed by atoms with Crippen molar-refractivity contribution in [1.29, 1.82) is 0 Å². The van der Waals surface area contributed by atoms with Gasteiger partial charge in [0, 0.05) is 18.8 Å². The van der Waals surface area contributed by atoms with Crippen molar-refractivity contribution in [3.8, 4) is 11.4 Å². The number of halogens is 3. The average Bonchev–Trinajstić information content (AvgIpc) is 2.87. The maximum absolute atomic E-state index is 12.5. The smallest absolute Gasteiger partial charge is 0.419 e. The molecule has 0 aliphatic heterocycles. The zero-order valence-electron chi connectivity index (χ0n) is 10.1. The van der Waals surface area contributed by atoms with Crippen molar-refractivity contribution < 1.29 is 17.9 Å². The predicted molar refractivity (Wildman–Crippen MR) is 63.0 cm³/mol. The molecular weight excluding hydrogens is 259 g/mol. The lowest BCUT2D eigenvalue weighted by Crippen LogP contribution is -2.06. The Morgan fingerprint density at radius 2 is 2.11 bits per heavy atom. The van der Waals surface area contributed by atoms with Gasteiger partial charge in [0.2, 0.25) is 0 Å². The maximum Gasteiger partial charge on any atom is 0.419 e. The fourth-order valence-corrected chi connectivity index (χ4v) is 1.66. The molecule has 0 bridgehead atoms. The number of benzene rings is 1. The average molecular weight is 271 g/mol. The summed E-state index contributed by atoms with van der Waals surface area (Å²) in [5, 5.41) is 3.72. The standard InChI is InChI=1S/C12H12F3N3O/c1-19-10-3-2-8(5-16)11(4-10)18-7-9(6-17-18)12(13,14)15/h2-4,6-7H,5,16H2,1H3. The van der Waals surface area contributed by atoms with E-state index in [-0.39, 0.29) is 6.54 Å². The molecule has 2 N–H and O–H groups in total. The zero-order valence-corrected chi connectivity index (χ0v) is 10.1. The number of methoxy groups -OCH3 is 1. The fourth-order valence-electron chi connectivity index (χ4n) is 1.66. The molecule has 0 atom stereocenters. The molecule has 2 rings (SSSR count). The highest BCUT2D eigenvalue weighted by molar-refractivity contribution is 5.46. The van der Waals surface area contributed by atoms with E-state index >= 15 is 0 Å². The molecule has 0 saturated carbocycles. The van der Waals surface area contributed by atoms with Crippen LogP contribution in [0.1, 0.15) is 11.1 Å². The molecule has 1 aromatic heterocycles. The minimum atomic E-state index is -4.42. The Balaban J connectivity index is 2.48. The van der Waals surface area contributed by atoms with Crippen LogP contribution in [0.4, 0.5) is 13.2 Å². The van der Waals surface area contributed by atoms with Gasteiger partial charge in [-0.1, -0.05) is 6.07 Å². The molecule has 0 amide bonds. The summed E-state index contributed by atoms with van der Waals surface area (Å²) in [7, 11) is 1.48. The Bertz CT molecular complexity index is 578. The van der Waals surface area contributed by atoms with E-state index in [0.29, 0.717) is 17.0 Å². The van der Waals surface area contributed by atoms with Gasteiger partial charge in [0.25, 0.3) is 0 Å². The molecule has 0 radical (unpaired) electrons. The molecule has 102 valence electrons. The number of aromatic nitrogens is 2. The van der Waals surface area contributed by atoms with Crippen LogP contribution in [0.5, 0.6) is 5.75 Å². The summed E-state index contributed by atoms with van der Waals surface area (Å²) in [5.41, 5.74) is 5.91. The Hall–Kier alpha value is -2.02. The van der Waals surface area contributed by atoms with Gasteiger partial charge >= 0.3 is 6.18 Å². The fraction of sp³-hybridized carbons (Fsp3) is 0.250. The van der Waals surface area contributed by atoms with Crippen molar-refractivity contribution >= 4 is 0 Å². The Kier molecular flexibility index (Phi) is 3.48. The van der Waals surface area contributed by atoms with Gasteiger partial charge < -0.3 is 10.5 Å². The highest BCUT2D eigenvalue weighted by Gasteiger charge is 2.32. The van der Waals surface area contributed by atoms with E-state index < -0.39 is 11.7 Å². The molecular formula is C12H12F3N3O. The lowest BCUT2D eigenvalue weighted by molar-refractivity contribution is -0.137. The normalized spacial score (nSPS) is 11.6. The minimum absolute atomic E-state index is 0.195. The SMILES string of the molecule is COc1ccc(CN)c(-n2cc(C(F)(F)F)cn2)c1. The highest BCUT2D eigenvalue weighted by Crippen LogP contribution is 2.30. The van der Waals surface area contributed by atoms with Gasteiger partial charge in [-0.3, -0.25) is 0 Å². The van der Waals surface area contributed by atoms with E-state index in [9.17, 15) is 13.2 Å². The monoisotopic (exact) mass is 271 g/mol. The van der Waals surface area contributed by atoms with Crippen molar-refractivity contribution in [1.82, 2.24) is 9.78 Å². The molecule has 0 fully saturated rings. The third-order valence-electron chi connectivity index (χ3n) is 2.67. The van der Waals surface area contributed by atoms with Gasteiger partial charge in [-0.15, -0.1) is 0 Å². The number of hydrogen-bond acceptors (Lipinski definition) is 3. The summed E-state index contributed by atoms with van der Waals surface area (Å²) in [5.74, 6) is 0.524. The second-order valence-electron chi connectivity index (χ2n) is 3.87. The van der Waals surface area contributed by atoms with Crippen LogP contribution in [-0.4, -0.2) is 16.9 Å². The first-order valence-electron chi connectivity index (χ1n) is 5.45. The van der Waals surface area contributed by atoms with Crippen LogP contribution in [-0.2, 0) is 12.7 Å². The molecule has 0 saturated heterocycles. The molecule has 0 spiro atoms. The van der Waals surface area contributed by atoms with E-state index in [0.717, 1.165) is 17.1 Å². The number of hydrogen-bond donors (Lipinski definition) is 1. The third-order valence-corrected chi connectivity index (χ3v) is 2.67.